The van der Waals surface area contributed by atoms with E-state index in [-0.39, 0.29) is 18.9 Å². The van der Waals surface area contributed by atoms with Crippen molar-refractivity contribution in [2.75, 3.05) is 19.9 Å². The van der Waals surface area contributed by atoms with Crippen LogP contribution in [0.3, 0.4) is 0 Å². The van der Waals surface area contributed by atoms with E-state index < -0.39 is 0 Å². The highest BCUT2D eigenvalue weighted by Crippen LogP contribution is 2.23. The monoisotopic (exact) mass is 238 g/mol. The Labute approximate surface area is 102 Å². The molecule has 0 spiro atoms. The van der Waals surface area contributed by atoms with Crippen LogP contribution in [0.15, 0.2) is 24.3 Å². The van der Waals surface area contributed by atoms with Gasteiger partial charge >= 0.3 is 0 Å². The number of aryl methyl sites for hydroxylation is 1. The lowest BCUT2D eigenvalue weighted by atomic mass is 9.98. The Morgan fingerprint density at radius 2 is 1.82 bits per heavy atom. The summed E-state index contributed by atoms with van der Waals surface area (Å²) in [6, 6.07) is 8.55. The second kappa shape index (κ2) is 6.12. The topological polar surface area (TPSA) is 18.5 Å². The molecule has 0 N–H and O–H groups in total. The normalized spacial score (nSPS) is 24.8. The fraction of sp³-hybridized carbons (Fsp3) is 0.571. The Morgan fingerprint density at radius 1 is 1.18 bits per heavy atom. The van der Waals surface area contributed by atoms with Gasteiger partial charge in [0.1, 0.15) is 0 Å². The van der Waals surface area contributed by atoms with E-state index in [0.29, 0.717) is 19.6 Å². The molecule has 1 aromatic carbocycles. The van der Waals surface area contributed by atoms with Gasteiger partial charge in [-0.3, -0.25) is 4.39 Å². The van der Waals surface area contributed by atoms with Gasteiger partial charge in [0.2, 0.25) is 0 Å². The highest BCUT2D eigenvalue weighted by molar-refractivity contribution is 5.25. The zero-order valence-electron chi connectivity index (χ0n) is 10.2. The van der Waals surface area contributed by atoms with Crippen LogP contribution in [0.1, 0.15) is 30.4 Å². The van der Waals surface area contributed by atoms with Gasteiger partial charge in [-0.25, -0.2) is 0 Å². The van der Waals surface area contributed by atoms with Crippen LogP contribution in [0.5, 0.6) is 0 Å². The molecule has 1 aliphatic heterocycles. The molecule has 0 saturated carbocycles. The lowest BCUT2D eigenvalue weighted by molar-refractivity contribution is -0.190. The van der Waals surface area contributed by atoms with E-state index in [1.54, 1.807) is 0 Å². The van der Waals surface area contributed by atoms with Crippen molar-refractivity contribution >= 4 is 0 Å². The van der Waals surface area contributed by atoms with Gasteiger partial charge in [0.05, 0.1) is 19.9 Å². The third kappa shape index (κ3) is 3.27. The van der Waals surface area contributed by atoms with Crippen LogP contribution in [0.25, 0.3) is 0 Å². The molecule has 1 saturated heterocycles. The maximum Gasteiger partial charge on any atom is 0.160 e. The molecule has 0 aliphatic carbocycles. The number of benzene rings is 1. The molecule has 94 valence electrons. The SMILES string of the molecule is CCc1ccc(C2COC(CCF)OC2)cc1. The van der Waals surface area contributed by atoms with Gasteiger partial charge in [-0.05, 0) is 17.5 Å². The molecule has 0 bridgehead atoms. The Balaban J connectivity index is 1.91. The number of alkyl halides is 1. The number of rotatable bonds is 4. The minimum atomic E-state index is -0.388. The summed E-state index contributed by atoms with van der Waals surface area (Å²) in [7, 11) is 0. The van der Waals surface area contributed by atoms with Crippen molar-refractivity contribution in [1.82, 2.24) is 0 Å². The van der Waals surface area contributed by atoms with E-state index >= 15 is 0 Å². The summed E-state index contributed by atoms with van der Waals surface area (Å²) in [5.74, 6) is 0.275. The predicted molar refractivity (Wildman–Crippen MR) is 64.8 cm³/mol. The summed E-state index contributed by atoms with van der Waals surface area (Å²) in [6.45, 7) is 3.00. The summed E-state index contributed by atoms with van der Waals surface area (Å²) in [4.78, 5) is 0. The lowest BCUT2D eigenvalue weighted by Crippen LogP contribution is -2.31. The van der Waals surface area contributed by atoms with Crippen LogP contribution in [0.4, 0.5) is 4.39 Å². The Bertz CT molecular complexity index is 329. The first kappa shape index (κ1) is 12.5. The molecule has 0 unspecified atom stereocenters. The molecule has 1 aromatic rings. The molecule has 0 amide bonds. The second-order valence-electron chi connectivity index (χ2n) is 4.37. The van der Waals surface area contributed by atoms with Gasteiger partial charge in [0.25, 0.3) is 0 Å². The molecule has 0 atom stereocenters. The summed E-state index contributed by atoms with van der Waals surface area (Å²) >= 11 is 0. The predicted octanol–water partition coefficient (Wildman–Crippen LogP) is 3.07. The molecular weight excluding hydrogens is 219 g/mol. The maximum absolute atomic E-state index is 12.1. The Morgan fingerprint density at radius 3 is 2.35 bits per heavy atom. The molecule has 0 aromatic heterocycles. The highest BCUT2D eigenvalue weighted by Gasteiger charge is 2.23. The van der Waals surface area contributed by atoms with Crippen molar-refractivity contribution in [2.45, 2.75) is 32.0 Å². The van der Waals surface area contributed by atoms with Crippen LogP contribution in [0.2, 0.25) is 0 Å². The van der Waals surface area contributed by atoms with Gasteiger partial charge in [0, 0.05) is 12.3 Å². The third-order valence-corrected chi connectivity index (χ3v) is 3.17. The smallest absolute Gasteiger partial charge is 0.160 e. The molecule has 1 fully saturated rings. The van der Waals surface area contributed by atoms with Gasteiger partial charge in [-0.2, -0.15) is 0 Å². The number of halogens is 1. The molecule has 0 radical (unpaired) electrons. The van der Waals surface area contributed by atoms with Gasteiger partial charge in [0.15, 0.2) is 6.29 Å². The molecule has 17 heavy (non-hydrogen) atoms. The zero-order chi connectivity index (χ0) is 12.1. The number of ether oxygens (including phenoxy) is 2. The summed E-state index contributed by atoms with van der Waals surface area (Å²) in [5, 5.41) is 0. The fourth-order valence-corrected chi connectivity index (χ4v) is 2.02. The number of hydrogen-bond acceptors (Lipinski definition) is 2. The molecule has 2 nitrogen and oxygen atoms in total. The fourth-order valence-electron chi connectivity index (χ4n) is 2.02. The Kier molecular flexibility index (Phi) is 4.51. The van der Waals surface area contributed by atoms with Gasteiger partial charge in [-0.1, -0.05) is 31.2 Å². The van der Waals surface area contributed by atoms with E-state index in [1.165, 1.54) is 11.1 Å². The average Bonchev–Trinajstić information content (AvgIpc) is 2.40. The van der Waals surface area contributed by atoms with Crippen LogP contribution in [0, 0.1) is 0 Å². The van der Waals surface area contributed by atoms with Crippen LogP contribution >= 0.6 is 0 Å². The highest BCUT2D eigenvalue weighted by atomic mass is 19.1. The summed E-state index contributed by atoms with van der Waals surface area (Å²) < 4.78 is 23.1. The minimum Gasteiger partial charge on any atom is -0.352 e. The van der Waals surface area contributed by atoms with Gasteiger partial charge in [-0.15, -0.1) is 0 Å². The van der Waals surface area contributed by atoms with Crippen LogP contribution in [-0.2, 0) is 15.9 Å². The first-order chi connectivity index (χ1) is 8.33. The molecular formula is C14H19FO2. The standard InChI is InChI=1S/C14H19FO2/c1-2-11-3-5-12(6-4-11)13-9-16-14(7-8-15)17-10-13/h3-6,13-14H,2,7-10H2,1H3. The van der Waals surface area contributed by atoms with E-state index in [2.05, 4.69) is 31.2 Å². The first-order valence-electron chi connectivity index (χ1n) is 6.21. The minimum absolute atomic E-state index is 0.275. The maximum atomic E-state index is 12.1. The van der Waals surface area contributed by atoms with E-state index in [4.69, 9.17) is 9.47 Å². The molecule has 2 rings (SSSR count). The van der Waals surface area contributed by atoms with E-state index in [1.807, 2.05) is 0 Å². The Hall–Kier alpha value is -0.930. The van der Waals surface area contributed by atoms with Crippen molar-refractivity contribution < 1.29 is 13.9 Å². The van der Waals surface area contributed by atoms with Crippen LogP contribution < -0.4 is 0 Å². The molecule has 1 aliphatic rings. The number of hydrogen-bond donors (Lipinski definition) is 0. The molecule has 3 heteroatoms. The summed E-state index contributed by atoms with van der Waals surface area (Å²) in [6.07, 6.45) is 1.03. The van der Waals surface area contributed by atoms with E-state index in [0.717, 1.165) is 6.42 Å². The lowest BCUT2D eigenvalue weighted by Gasteiger charge is -2.29. The van der Waals surface area contributed by atoms with Crippen molar-refractivity contribution in [3.05, 3.63) is 35.4 Å². The summed E-state index contributed by atoms with van der Waals surface area (Å²) in [5.41, 5.74) is 2.57. The van der Waals surface area contributed by atoms with E-state index in [9.17, 15) is 4.39 Å². The van der Waals surface area contributed by atoms with Crippen molar-refractivity contribution in [2.24, 2.45) is 0 Å². The third-order valence-electron chi connectivity index (χ3n) is 3.17. The first-order valence-corrected chi connectivity index (χ1v) is 6.21. The van der Waals surface area contributed by atoms with Gasteiger partial charge < -0.3 is 9.47 Å². The van der Waals surface area contributed by atoms with Crippen molar-refractivity contribution in [1.29, 1.82) is 0 Å². The zero-order valence-corrected chi connectivity index (χ0v) is 10.2. The molecule has 1 heterocycles. The largest absolute Gasteiger partial charge is 0.352 e. The van der Waals surface area contributed by atoms with Crippen molar-refractivity contribution in [3.63, 3.8) is 0 Å². The van der Waals surface area contributed by atoms with Crippen LogP contribution in [-0.4, -0.2) is 26.2 Å². The second-order valence-corrected chi connectivity index (χ2v) is 4.37. The quantitative estimate of drug-likeness (QED) is 0.802. The average molecular weight is 238 g/mol. The van der Waals surface area contributed by atoms with Crippen molar-refractivity contribution in [3.8, 4) is 0 Å².